The molecule has 1 fully saturated rings. The molecule has 0 spiro atoms. The Balaban J connectivity index is 2.34. The standard InChI is InChI=1S/C13H16O2/c1-12(2)9-6-7-13(12,3)11-8(9)4-5-10(14)15-11/h4-5,9H,6-7H2,1-3H3. The van der Waals surface area contributed by atoms with Crippen molar-refractivity contribution >= 4 is 0 Å². The van der Waals surface area contributed by atoms with Crippen molar-refractivity contribution in [1.82, 2.24) is 0 Å². The van der Waals surface area contributed by atoms with E-state index in [1.165, 1.54) is 12.0 Å². The second kappa shape index (κ2) is 2.37. The van der Waals surface area contributed by atoms with Crippen molar-refractivity contribution < 1.29 is 4.42 Å². The fraction of sp³-hybridized carbons (Fsp3) is 0.615. The molecule has 2 atom stereocenters. The minimum absolute atomic E-state index is 0.0629. The molecule has 1 aromatic heterocycles. The van der Waals surface area contributed by atoms with Gasteiger partial charge in [0, 0.05) is 11.5 Å². The van der Waals surface area contributed by atoms with Crippen LogP contribution in [0.15, 0.2) is 21.3 Å². The number of fused-ring (bicyclic) bond motifs is 5. The average molecular weight is 204 g/mol. The third-order valence-corrected chi connectivity index (χ3v) is 4.97. The molecule has 0 aliphatic heterocycles. The smallest absolute Gasteiger partial charge is 0.335 e. The topological polar surface area (TPSA) is 30.2 Å². The molecule has 1 saturated carbocycles. The Kier molecular flexibility index (Phi) is 1.45. The lowest BCUT2D eigenvalue weighted by atomic mass is 9.70. The van der Waals surface area contributed by atoms with E-state index in [1.807, 2.05) is 6.07 Å². The van der Waals surface area contributed by atoms with E-state index in [9.17, 15) is 4.79 Å². The van der Waals surface area contributed by atoms with Crippen molar-refractivity contribution in [2.75, 3.05) is 0 Å². The average Bonchev–Trinajstić information content (AvgIpc) is 2.48. The van der Waals surface area contributed by atoms with Crippen LogP contribution in [0.5, 0.6) is 0 Å². The number of hydrogen-bond donors (Lipinski definition) is 0. The molecule has 1 heterocycles. The number of hydrogen-bond acceptors (Lipinski definition) is 2. The van der Waals surface area contributed by atoms with Crippen molar-refractivity contribution in [3.05, 3.63) is 33.9 Å². The molecule has 2 nitrogen and oxygen atoms in total. The van der Waals surface area contributed by atoms with Crippen LogP contribution in [-0.2, 0) is 5.41 Å². The maximum absolute atomic E-state index is 11.3. The summed E-state index contributed by atoms with van der Waals surface area (Å²) in [6.07, 6.45) is 2.37. The Bertz CT molecular complexity index is 484. The highest BCUT2D eigenvalue weighted by Crippen LogP contribution is 2.67. The molecule has 1 aromatic rings. The van der Waals surface area contributed by atoms with Crippen LogP contribution < -0.4 is 5.63 Å². The van der Waals surface area contributed by atoms with Gasteiger partial charge in [-0.2, -0.15) is 0 Å². The maximum Gasteiger partial charge on any atom is 0.335 e. The maximum atomic E-state index is 11.3. The second-order valence-corrected chi connectivity index (χ2v) is 5.68. The van der Waals surface area contributed by atoms with Crippen molar-refractivity contribution in [3.63, 3.8) is 0 Å². The van der Waals surface area contributed by atoms with Gasteiger partial charge >= 0.3 is 5.63 Å². The minimum Gasteiger partial charge on any atom is -0.427 e. The van der Waals surface area contributed by atoms with Crippen LogP contribution in [0.4, 0.5) is 0 Å². The first-order chi connectivity index (χ1) is 6.97. The van der Waals surface area contributed by atoms with Gasteiger partial charge in [-0.25, -0.2) is 4.79 Å². The molecule has 2 aliphatic rings. The third kappa shape index (κ3) is 0.842. The first-order valence-corrected chi connectivity index (χ1v) is 5.61. The van der Waals surface area contributed by atoms with E-state index < -0.39 is 0 Å². The SMILES string of the molecule is CC12CCC(c3ccc(=O)oc31)C2(C)C. The molecule has 2 heteroatoms. The highest BCUT2D eigenvalue weighted by molar-refractivity contribution is 5.42. The van der Waals surface area contributed by atoms with E-state index in [-0.39, 0.29) is 16.5 Å². The highest BCUT2D eigenvalue weighted by Gasteiger charge is 2.61. The summed E-state index contributed by atoms with van der Waals surface area (Å²) in [7, 11) is 0. The van der Waals surface area contributed by atoms with Crippen LogP contribution >= 0.6 is 0 Å². The molecule has 2 aliphatic carbocycles. The van der Waals surface area contributed by atoms with Crippen LogP contribution in [0.2, 0.25) is 0 Å². The lowest BCUT2D eigenvalue weighted by Gasteiger charge is -2.33. The van der Waals surface area contributed by atoms with Gasteiger partial charge in [0.15, 0.2) is 0 Å². The molecule has 0 saturated heterocycles. The van der Waals surface area contributed by atoms with Crippen LogP contribution in [0.1, 0.15) is 50.9 Å². The van der Waals surface area contributed by atoms with Gasteiger partial charge in [-0.15, -0.1) is 0 Å². The molecule has 0 aromatic carbocycles. The van der Waals surface area contributed by atoms with Crippen molar-refractivity contribution in [1.29, 1.82) is 0 Å². The van der Waals surface area contributed by atoms with E-state index in [0.717, 1.165) is 12.2 Å². The van der Waals surface area contributed by atoms with Gasteiger partial charge in [-0.05, 0) is 35.8 Å². The van der Waals surface area contributed by atoms with Gasteiger partial charge in [-0.3, -0.25) is 0 Å². The summed E-state index contributed by atoms with van der Waals surface area (Å²) in [6.45, 7) is 6.83. The summed E-state index contributed by atoms with van der Waals surface area (Å²) in [4.78, 5) is 11.3. The normalized spacial score (nSPS) is 35.5. The van der Waals surface area contributed by atoms with Crippen molar-refractivity contribution in [2.24, 2.45) is 5.41 Å². The van der Waals surface area contributed by atoms with Gasteiger partial charge in [-0.1, -0.05) is 20.8 Å². The number of rotatable bonds is 0. The molecule has 3 rings (SSSR count). The minimum atomic E-state index is -0.210. The van der Waals surface area contributed by atoms with E-state index in [4.69, 9.17) is 4.42 Å². The van der Waals surface area contributed by atoms with Gasteiger partial charge in [0.05, 0.1) is 0 Å². The Labute approximate surface area is 89.3 Å². The Morgan fingerprint density at radius 3 is 2.80 bits per heavy atom. The van der Waals surface area contributed by atoms with Gasteiger partial charge in [0.2, 0.25) is 0 Å². The molecule has 15 heavy (non-hydrogen) atoms. The molecule has 0 amide bonds. The molecule has 2 bridgehead atoms. The van der Waals surface area contributed by atoms with Crippen LogP contribution in [-0.4, -0.2) is 0 Å². The quantitative estimate of drug-likeness (QED) is 0.650. The highest BCUT2D eigenvalue weighted by atomic mass is 16.4. The van der Waals surface area contributed by atoms with E-state index >= 15 is 0 Å². The fourth-order valence-electron chi connectivity index (χ4n) is 3.58. The Hall–Kier alpha value is -1.05. The predicted octanol–water partition coefficient (Wildman–Crippen LogP) is 2.81. The van der Waals surface area contributed by atoms with Gasteiger partial charge in [0.25, 0.3) is 0 Å². The monoisotopic (exact) mass is 204 g/mol. The van der Waals surface area contributed by atoms with Gasteiger partial charge in [0.1, 0.15) is 5.76 Å². The fourth-order valence-corrected chi connectivity index (χ4v) is 3.58. The zero-order chi connectivity index (χ0) is 10.8. The lowest BCUT2D eigenvalue weighted by molar-refractivity contribution is 0.201. The van der Waals surface area contributed by atoms with E-state index in [2.05, 4.69) is 20.8 Å². The molecular formula is C13H16O2. The predicted molar refractivity (Wildman–Crippen MR) is 58.1 cm³/mol. The summed E-state index contributed by atoms with van der Waals surface area (Å²) in [5, 5.41) is 0. The van der Waals surface area contributed by atoms with E-state index in [1.54, 1.807) is 6.07 Å². The van der Waals surface area contributed by atoms with Crippen LogP contribution in [0.3, 0.4) is 0 Å². The third-order valence-electron chi connectivity index (χ3n) is 4.97. The zero-order valence-corrected chi connectivity index (χ0v) is 9.46. The van der Waals surface area contributed by atoms with Crippen molar-refractivity contribution in [3.8, 4) is 0 Å². The lowest BCUT2D eigenvalue weighted by Crippen LogP contribution is -2.31. The van der Waals surface area contributed by atoms with E-state index in [0.29, 0.717) is 5.92 Å². The largest absolute Gasteiger partial charge is 0.427 e. The first kappa shape index (κ1) is 9.20. The van der Waals surface area contributed by atoms with Gasteiger partial charge < -0.3 is 4.42 Å². The van der Waals surface area contributed by atoms with Crippen molar-refractivity contribution in [2.45, 2.75) is 44.9 Å². The zero-order valence-electron chi connectivity index (χ0n) is 9.46. The van der Waals surface area contributed by atoms with Crippen LogP contribution in [0.25, 0.3) is 0 Å². The first-order valence-electron chi connectivity index (χ1n) is 5.61. The molecule has 2 unspecified atom stereocenters. The summed E-state index contributed by atoms with van der Waals surface area (Å²) < 4.78 is 5.44. The summed E-state index contributed by atoms with van der Waals surface area (Å²) in [6, 6.07) is 3.52. The molecule has 80 valence electrons. The summed E-state index contributed by atoms with van der Waals surface area (Å²) in [5.74, 6) is 1.53. The molecular weight excluding hydrogens is 188 g/mol. The molecule has 0 radical (unpaired) electrons. The van der Waals surface area contributed by atoms with Crippen LogP contribution in [0, 0.1) is 5.41 Å². The Morgan fingerprint density at radius 2 is 2.07 bits per heavy atom. The Morgan fingerprint density at radius 1 is 1.33 bits per heavy atom. The second-order valence-electron chi connectivity index (χ2n) is 5.68. The summed E-state index contributed by atoms with van der Waals surface area (Å²) >= 11 is 0. The summed E-state index contributed by atoms with van der Waals surface area (Å²) in [5.41, 5.74) is 1.35. The molecule has 0 N–H and O–H groups in total.